The number of para-hydroxylation sites is 1. The van der Waals surface area contributed by atoms with E-state index in [9.17, 15) is 0 Å². The number of ether oxygens (including phenoxy) is 4. The van der Waals surface area contributed by atoms with Gasteiger partial charge in [-0.3, -0.25) is 4.98 Å². The molecule has 0 aliphatic carbocycles. The minimum Gasteiger partial charge on any atom is -0.493 e. The van der Waals surface area contributed by atoms with E-state index in [0.717, 1.165) is 33.7 Å². The van der Waals surface area contributed by atoms with Crippen molar-refractivity contribution in [2.75, 3.05) is 26.6 Å². The second kappa shape index (κ2) is 8.35. The molecule has 176 valence electrons. The van der Waals surface area contributed by atoms with Crippen LogP contribution in [0.2, 0.25) is 0 Å². The molecule has 9 heteroatoms. The molecule has 2 atom stereocenters. The van der Waals surface area contributed by atoms with Crippen molar-refractivity contribution >= 4 is 11.6 Å². The van der Waals surface area contributed by atoms with Crippen LogP contribution in [0.5, 0.6) is 23.0 Å². The zero-order valence-electron chi connectivity index (χ0n) is 19.4. The van der Waals surface area contributed by atoms with E-state index in [0.29, 0.717) is 23.2 Å². The van der Waals surface area contributed by atoms with Crippen LogP contribution in [0.4, 0.5) is 5.95 Å². The normalized spacial score (nSPS) is 17.9. The molecule has 0 radical (unpaired) electrons. The fraction of sp³-hybridized carbons (Fsp3) is 0.192. The highest BCUT2D eigenvalue weighted by atomic mass is 16.5. The number of anilines is 1. The van der Waals surface area contributed by atoms with Crippen molar-refractivity contribution < 1.29 is 18.9 Å². The number of hydrogen-bond donors (Lipinski definition) is 1. The molecule has 35 heavy (non-hydrogen) atoms. The highest BCUT2D eigenvalue weighted by Crippen LogP contribution is 2.52. The van der Waals surface area contributed by atoms with Gasteiger partial charge in [0.15, 0.2) is 11.5 Å². The van der Waals surface area contributed by atoms with Crippen LogP contribution in [-0.4, -0.2) is 41.1 Å². The van der Waals surface area contributed by atoms with E-state index in [1.54, 1.807) is 33.9 Å². The van der Waals surface area contributed by atoms with E-state index in [2.05, 4.69) is 20.4 Å². The SMILES string of the molecule is COc1cc(C2Oc3ccccc3C3=C2C(c2cccnc2)n2ncnc2N3)cc(OC)c1OC. The van der Waals surface area contributed by atoms with Crippen LogP contribution in [0.25, 0.3) is 5.70 Å². The van der Waals surface area contributed by atoms with E-state index in [-0.39, 0.29) is 6.04 Å². The summed E-state index contributed by atoms with van der Waals surface area (Å²) in [7, 11) is 4.79. The van der Waals surface area contributed by atoms with Gasteiger partial charge in [-0.15, -0.1) is 0 Å². The first-order chi connectivity index (χ1) is 17.2. The molecule has 0 spiro atoms. The van der Waals surface area contributed by atoms with Gasteiger partial charge in [-0.2, -0.15) is 10.1 Å². The molecule has 0 saturated carbocycles. The van der Waals surface area contributed by atoms with E-state index in [1.807, 2.05) is 59.4 Å². The maximum Gasteiger partial charge on any atom is 0.226 e. The topological polar surface area (TPSA) is 92.6 Å². The average Bonchev–Trinajstić information content (AvgIpc) is 3.39. The number of rotatable bonds is 5. The largest absolute Gasteiger partial charge is 0.493 e. The van der Waals surface area contributed by atoms with Gasteiger partial charge in [0.2, 0.25) is 11.7 Å². The standard InChI is InChI=1S/C26H23N5O4/c1-32-19-11-16(12-20(33-2)25(19)34-3)24-21-22(17-8-4-5-9-18(17)35-24)30-26-28-14-29-31(26)23(21)15-7-6-10-27-13-15/h4-14,23-24H,1-3H3,(H,28,29,30). The Morgan fingerprint density at radius 3 is 2.46 bits per heavy atom. The zero-order valence-corrected chi connectivity index (χ0v) is 19.4. The Balaban J connectivity index is 1.62. The molecule has 6 rings (SSSR count). The average molecular weight is 470 g/mol. The Morgan fingerprint density at radius 1 is 0.943 bits per heavy atom. The molecule has 2 aliphatic rings. The molecule has 1 N–H and O–H groups in total. The number of methoxy groups -OCH3 is 3. The van der Waals surface area contributed by atoms with E-state index in [1.165, 1.54) is 0 Å². The molecule has 2 unspecified atom stereocenters. The van der Waals surface area contributed by atoms with Crippen LogP contribution in [0.15, 0.2) is 72.8 Å². The van der Waals surface area contributed by atoms with Crippen LogP contribution in [-0.2, 0) is 0 Å². The van der Waals surface area contributed by atoms with Gasteiger partial charge < -0.3 is 24.3 Å². The van der Waals surface area contributed by atoms with Gasteiger partial charge in [-0.05, 0) is 35.9 Å². The number of aromatic nitrogens is 4. The molecule has 0 saturated heterocycles. The number of fused-ring (bicyclic) bond motifs is 3. The van der Waals surface area contributed by atoms with Crippen LogP contribution >= 0.6 is 0 Å². The molecule has 2 aromatic heterocycles. The molecular formula is C26H23N5O4. The number of benzene rings is 2. The smallest absolute Gasteiger partial charge is 0.226 e. The Morgan fingerprint density at radius 2 is 1.74 bits per heavy atom. The summed E-state index contributed by atoms with van der Waals surface area (Å²) in [5.74, 6) is 3.03. The Bertz CT molecular complexity index is 1410. The molecule has 2 aliphatic heterocycles. The van der Waals surface area contributed by atoms with Crippen molar-refractivity contribution in [3.05, 3.63) is 89.5 Å². The third-order valence-corrected chi connectivity index (χ3v) is 6.31. The van der Waals surface area contributed by atoms with Gasteiger partial charge in [0.1, 0.15) is 24.2 Å². The van der Waals surface area contributed by atoms with Crippen molar-refractivity contribution in [1.29, 1.82) is 0 Å². The molecule has 0 fully saturated rings. The van der Waals surface area contributed by atoms with Crippen molar-refractivity contribution in [2.45, 2.75) is 12.1 Å². The summed E-state index contributed by atoms with van der Waals surface area (Å²) in [5, 5.41) is 8.04. The first-order valence-electron chi connectivity index (χ1n) is 11.1. The summed E-state index contributed by atoms with van der Waals surface area (Å²) in [5.41, 5.74) is 4.67. The fourth-order valence-electron chi connectivity index (χ4n) is 4.80. The second-order valence-corrected chi connectivity index (χ2v) is 8.13. The number of hydrogen-bond acceptors (Lipinski definition) is 8. The lowest BCUT2D eigenvalue weighted by Crippen LogP contribution is -2.32. The quantitative estimate of drug-likeness (QED) is 0.464. The lowest BCUT2D eigenvalue weighted by Gasteiger charge is -2.39. The van der Waals surface area contributed by atoms with Crippen molar-refractivity contribution in [1.82, 2.24) is 19.7 Å². The lowest BCUT2D eigenvalue weighted by molar-refractivity contribution is 0.221. The Hall–Kier alpha value is -4.53. The summed E-state index contributed by atoms with van der Waals surface area (Å²) in [6.45, 7) is 0. The van der Waals surface area contributed by atoms with Gasteiger partial charge in [0.25, 0.3) is 0 Å². The van der Waals surface area contributed by atoms with Crippen molar-refractivity contribution in [3.63, 3.8) is 0 Å². The highest BCUT2D eigenvalue weighted by Gasteiger charge is 2.41. The van der Waals surface area contributed by atoms with E-state index < -0.39 is 6.10 Å². The van der Waals surface area contributed by atoms with Crippen LogP contribution in [0, 0.1) is 0 Å². The number of nitrogens with zero attached hydrogens (tertiary/aromatic N) is 4. The highest BCUT2D eigenvalue weighted by molar-refractivity contribution is 5.85. The van der Waals surface area contributed by atoms with E-state index in [4.69, 9.17) is 18.9 Å². The molecule has 9 nitrogen and oxygen atoms in total. The summed E-state index contributed by atoms with van der Waals surface area (Å²) < 4.78 is 25.4. The number of nitrogens with one attached hydrogen (secondary N) is 1. The number of pyridine rings is 1. The zero-order chi connectivity index (χ0) is 23.9. The third kappa shape index (κ3) is 3.27. The monoisotopic (exact) mass is 469 g/mol. The predicted molar refractivity (Wildman–Crippen MR) is 129 cm³/mol. The van der Waals surface area contributed by atoms with Gasteiger partial charge in [-0.1, -0.05) is 18.2 Å². The molecule has 2 aromatic carbocycles. The lowest BCUT2D eigenvalue weighted by atomic mass is 9.85. The van der Waals surface area contributed by atoms with Crippen LogP contribution < -0.4 is 24.3 Å². The maximum absolute atomic E-state index is 6.67. The summed E-state index contributed by atoms with van der Waals surface area (Å²) in [6, 6.07) is 15.4. The molecule has 0 bridgehead atoms. The predicted octanol–water partition coefficient (Wildman–Crippen LogP) is 4.26. The third-order valence-electron chi connectivity index (χ3n) is 6.31. The van der Waals surface area contributed by atoms with Gasteiger partial charge in [-0.25, -0.2) is 4.68 Å². The van der Waals surface area contributed by atoms with Gasteiger partial charge in [0, 0.05) is 29.1 Å². The summed E-state index contributed by atoms with van der Waals surface area (Å²) in [4.78, 5) is 8.83. The van der Waals surface area contributed by atoms with Crippen molar-refractivity contribution in [3.8, 4) is 23.0 Å². The van der Waals surface area contributed by atoms with Gasteiger partial charge >= 0.3 is 0 Å². The van der Waals surface area contributed by atoms with Crippen molar-refractivity contribution in [2.24, 2.45) is 0 Å². The van der Waals surface area contributed by atoms with Gasteiger partial charge in [0.05, 0.1) is 27.0 Å². The minimum absolute atomic E-state index is 0.296. The summed E-state index contributed by atoms with van der Waals surface area (Å²) in [6.07, 6.45) is 4.67. The summed E-state index contributed by atoms with van der Waals surface area (Å²) >= 11 is 0. The molecular weight excluding hydrogens is 446 g/mol. The maximum atomic E-state index is 6.67. The minimum atomic E-state index is -0.483. The van der Waals surface area contributed by atoms with Crippen LogP contribution in [0.1, 0.15) is 28.8 Å². The Labute approximate surface area is 202 Å². The second-order valence-electron chi connectivity index (χ2n) is 8.13. The fourth-order valence-corrected chi connectivity index (χ4v) is 4.80. The first kappa shape index (κ1) is 21.0. The Kier molecular flexibility index (Phi) is 5.02. The molecule has 4 heterocycles. The molecule has 0 amide bonds. The van der Waals surface area contributed by atoms with Crippen LogP contribution in [0.3, 0.4) is 0 Å². The molecule has 4 aromatic rings. The first-order valence-corrected chi connectivity index (χ1v) is 11.1. The van der Waals surface area contributed by atoms with E-state index >= 15 is 0 Å².